The minimum atomic E-state index is -0.237. The average Bonchev–Trinajstić information content (AvgIpc) is 3.29. The molecule has 2 atom stereocenters. The van der Waals surface area contributed by atoms with Crippen LogP contribution in [0.3, 0.4) is 0 Å². The van der Waals surface area contributed by atoms with Crippen molar-refractivity contribution in [2.75, 3.05) is 33.4 Å². The van der Waals surface area contributed by atoms with Crippen molar-refractivity contribution >= 4 is 11.8 Å². The van der Waals surface area contributed by atoms with E-state index in [4.69, 9.17) is 9.26 Å². The van der Waals surface area contributed by atoms with Crippen molar-refractivity contribution in [3.63, 3.8) is 0 Å². The molecule has 0 bridgehead atoms. The molecule has 0 unspecified atom stereocenters. The summed E-state index contributed by atoms with van der Waals surface area (Å²) in [5.41, 5.74) is 1.44. The van der Waals surface area contributed by atoms with Gasteiger partial charge >= 0.3 is 0 Å². The van der Waals surface area contributed by atoms with Gasteiger partial charge in [0.05, 0.1) is 18.8 Å². The van der Waals surface area contributed by atoms with Gasteiger partial charge in [-0.3, -0.25) is 9.59 Å². The zero-order valence-corrected chi connectivity index (χ0v) is 17.0. The monoisotopic (exact) mass is 397 g/mol. The number of hydrogen-bond acceptors (Lipinski definition) is 5. The first-order valence-corrected chi connectivity index (χ1v) is 10.1. The number of hydrogen-bond donors (Lipinski definition) is 0. The number of ether oxygens (including phenoxy) is 1. The lowest BCUT2D eigenvalue weighted by Gasteiger charge is -2.36. The Hall–Kier alpha value is -2.67. The third-order valence-electron chi connectivity index (χ3n) is 6.52. The van der Waals surface area contributed by atoms with Gasteiger partial charge in [0.1, 0.15) is 11.3 Å². The van der Waals surface area contributed by atoms with E-state index in [2.05, 4.69) is 17.3 Å². The number of benzene rings is 1. The van der Waals surface area contributed by atoms with E-state index in [1.54, 1.807) is 14.0 Å². The van der Waals surface area contributed by atoms with Gasteiger partial charge < -0.3 is 19.1 Å². The first kappa shape index (κ1) is 19.6. The minimum Gasteiger partial charge on any atom is -0.383 e. The minimum absolute atomic E-state index is 0.0756. The first-order valence-electron chi connectivity index (χ1n) is 10.1. The van der Waals surface area contributed by atoms with Gasteiger partial charge in [-0.15, -0.1) is 0 Å². The van der Waals surface area contributed by atoms with E-state index < -0.39 is 0 Å². The molecule has 0 radical (unpaired) electrons. The van der Waals surface area contributed by atoms with Crippen LogP contribution in [0, 0.1) is 6.92 Å². The molecule has 3 heterocycles. The Balaban J connectivity index is 1.71. The number of rotatable bonds is 5. The molecule has 0 spiro atoms. The molecule has 0 aliphatic carbocycles. The van der Waals surface area contributed by atoms with Gasteiger partial charge in [-0.1, -0.05) is 35.5 Å². The molecule has 2 aliphatic heterocycles. The van der Waals surface area contributed by atoms with Crippen LogP contribution in [0.5, 0.6) is 0 Å². The summed E-state index contributed by atoms with van der Waals surface area (Å²) in [5, 5.41) is 3.76. The van der Waals surface area contributed by atoms with Crippen LogP contribution in [0.1, 0.15) is 40.9 Å². The second-order valence-corrected chi connectivity index (χ2v) is 7.91. The zero-order valence-electron chi connectivity index (χ0n) is 17.0. The maximum atomic E-state index is 13.3. The fourth-order valence-electron chi connectivity index (χ4n) is 4.88. The number of carbonyl (C=O) groups excluding carboxylic acids is 2. The quantitative estimate of drug-likeness (QED) is 0.774. The van der Waals surface area contributed by atoms with E-state index in [0.717, 1.165) is 12.8 Å². The Morgan fingerprint density at radius 1 is 1.28 bits per heavy atom. The number of carbonyl (C=O) groups is 2. The molecule has 1 aromatic heterocycles. The highest BCUT2D eigenvalue weighted by Crippen LogP contribution is 2.46. The van der Waals surface area contributed by atoms with Gasteiger partial charge in [0.2, 0.25) is 5.91 Å². The lowest BCUT2D eigenvalue weighted by atomic mass is 9.71. The Morgan fingerprint density at radius 2 is 2.03 bits per heavy atom. The molecule has 7 heteroatoms. The Morgan fingerprint density at radius 3 is 2.72 bits per heavy atom. The lowest BCUT2D eigenvalue weighted by molar-refractivity contribution is -0.132. The normalized spacial score (nSPS) is 24.5. The molecule has 2 fully saturated rings. The van der Waals surface area contributed by atoms with E-state index in [9.17, 15) is 9.59 Å². The van der Waals surface area contributed by atoms with E-state index in [1.165, 1.54) is 11.8 Å². The molecule has 0 saturated carbocycles. The third-order valence-corrected chi connectivity index (χ3v) is 6.52. The maximum absolute atomic E-state index is 13.3. The number of methoxy groups -OCH3 is 1. The number of likely N-dealkylation sites (tertiary alicyclic amines) is 2. The SMILES string of the molecule is COCCN1CC[C@@]2(c3ccccc3)CCN(C(=O)c3cnoc3C)[C@@H]2CC1=O. The topological polar surface area (TPSA) is 75.9 Å². The summed E-state index contributed by atoms with van der Waals surface area (Å²) in [7, 11) is 1.64. The van der Waals surface area contributed by atoms with Crippen LogP contribution in [0.25, 0.3) is 0 Å². The average molecular weight is 397 g/mol. The Labute approximate surface area is 170 Å². The highest BCUT2D eigenvalue weighted by Gasteiger charge is 2.52. The van der Waals surface area contributed by atoms with Crippen LogP contribution < -0.4 is 0 Å². The van der Waals surface area contributed by atoms with E-state index in [-0.39, 0.29) is 23.3 Å². The van der Waals surface area contributed by atoms with Gasteiger partial charge in [0.15, 0.2) is 0 Å². The van der Waals surface area contributed by atoms with Crippen LogP contribution in [-0.4, -0.2) is 66.2 Å². The van der Waals surface area contributed by atoms with Crippen molar-refractivity contribution in [3.05, 3.63) is 53.4 Å². The molecule has 2 aliphatic rings. The standard InChI is InChI=1S/C22H27N3O4/c1-16-18(15-23-29-16)21(27)25-11-9-22(17-6-4-3-5-7-17)8-10-24(12-13-28-2)20(26)14-19(22)25/h3-7,15,19H,8-14H2,1-2H3/t19-,22+/m1/s1. The molecule has 7 nitrogen and oxygen atoms in total. The number of nitrogens with zero attached hydrogens (tertiary/aromatic N) is 3. The highest BCUT2D eigenvalue weighted by atomic mass is 16.5. The van der Waals surface area contributed by atoms with E-state index >= 15 is 0 Å². The van der Waals surface area contributed by atoms with Crippen molar-refractivity contribution in [1.29, 1.82) is 0 Å². The van der Waals surface area contributed by atoms with Gasteiger partial charge in [-0.25, -0.2) is 0 Å². The second-order valence-electron chi connectivity index (χ2n) is 7.91. The number of aromatic nitrogens is 1. The largest absolute Gasteiger partial charge is 0.383 e. The van der Waals surface area contributed by atoms with Crippen LogP contribution in [0.2, 0.25) is 0 Å². The molecule has 4 rings (SSSR count). The van der Waals surface area contributed by atoms with Crippen LogP contribution in [0.15, 0.2) is 41.1 Å². The van der Waals surface area contributed by atoms with Crippen LogP contribution in [0.4, 0.5) is 0 Å². The van der Waals surface area contributed by atoms with Gasteiger partial charge in [-0.2, -0.15) is 0 Å². The fraction of sp³-hybridized carbons (Fsp3) is 0.500. The first-order chi connectivity index (χ1) is 14.1. The van der Waals surface area contributed by atoms with Crippen molar-refractivity contribution in [2.45, 2.75) is 37.6 Å². The summed E-state index contributed by atoms with van der Waals surface area (Å²) in [4.78, 5) is 30.1. The molecule has 0 N–H and O–H groups in total. The molecule has 154 valence electrons. The summed E-state index contributed by atoms with van der Waals surface area (Å²) in [6.07, 6.45) is 3.45. The van der Waals surface area contributed by atoms with Crippen molar-refractivity contribution < 1.29 is 18.8 Å². The van der Waals surface area contributed by atoms with Gasteiger partial charge in [0.25, 0.3) is 5.91 Å². The number of fused-ring (bicyclic) bond motifs is 1. The van der Waals surface area contributed by atoms with Crippen LogP contribution in [-0.2, 0) is 14.9 Å². The second kappa shape index (κ2) is 7.99. The maximum Gasteiger partial charge on any atom is 0.259 e. The molecular formula is C22H27N3O4. The van der Waals surface area contributed by atoms with Gasteiger partial charge in [0, 0.05) is 38.6 Å². The predicted octanol–water partition coefficient (Wildman–Crippen LogP) is 2.40. The number of aryl methyl sites for hydroxylation is 1. The van der Waals surface area contributed by atoms with Crippen LogP contribution >= 0.6 is 0 Å². The molecule has 2 aromatic rings. The predicted molar refractivity (Wildman–Crippen MR) is 106 cm³/mol. The Kier molecular flexibility index (Phi) is 5.41. The fourth-order valence-corrected chi connectivity index (χ4v) is 4.88. The smallest absolute Gasteiger partial charge is 0.259 e. The summed E-state index contributed by atoms with van der Waals surface area (Å²) in [6.45, 7) is 4.12. The molecule has 1 aromatic carbocycles. The summed E-state index contributed by atoms with van der Waals surface area (Å²) >= 11 is 0. The summed E-state index contributed by atoms with van der Waals surface area (Å²) in [5.74, 6) is 0.477. The molecule has 29 heavy (non-hydrogen) atoms. The van der Waals surface area contributed by atoms with Gasteiger partial charge in [-0.05, 0) is 25.3 Å². The number of amides is 2. The van der Waals surface area contributed by atoms with E-state index in [0.29, 0.717) is 44.0 Å². The third kappa shape index (κ3) is 3.44. The molecular weight excluding hydrogens is 370 g/mol. The van der Waals surface area contributed by atoms with Crippen molar-refractivity contribution in [2.24, 2.45) is 0 Å². The van der Waals surface area contributed by atoms with Crippen molar-refractivity contribution in [1.82, 2.24) is 15.0 Å². The summed E-state index contributed by atoms with van der Waals surface area (Å²) < 4.78 is 10.3. The molecule has 2 amide bonds. The Bertz CT molecular complexity index is 881. The zero-order chi connectivity index (χ0) is 20.4. The molecule has 2 saturated heterocycles. The lowest BCUT2D eigenvalue weighted by Crippen LogP contribution is -2.45. The highest BCUT2D eigenvalue weighted by molar-refractivity contribution is 5.95. The van der Waals surface area contributed by atoms with Crippen molar-refractivity contribution in [3.8, 4) is 0 Å². The van der Waals surface area contributed by atoms with E-state index in [1.807, 2.05) is 28.0 Å². The summed E-state index contributed by atoms with van der Waals surface area (Å²) in [6, 6.07) is 10.1.